The maximum atomic E-state index is 5.69. The van der Waals surface area contributed by atoms with Gasteiger partial charge in [0.2, 0.25) is 0 Å². The Hall–Kier alpha value is -0.760. The van der Waals surface area contributed by atoms with Crippen LogP contribution in [0.3, 0.4) is 0 Å². The van der Waals surface area contributed by atoms with Crippen LogP contribution in [0.25, 0.3) is 0 Å². The normalized spacial score (nSPS) is 19.6. The average Bonchev–Trinajstić information content (AvgIpc) is 2.37. The molecule has 1 aliphatic rings. The largest absolute Gasteiger partial charge is 0.493 e. The van der Waals surface area contributed by atoms with Crippen molar-refractivity contribution in [3.8, 4) is 5.75 Å². The topological polar surface area (TPSA) is 9.23 Å². The molecule has 1 aromatic carbocycles. The molecule has 2 rings (SSSR count). The Bertz CT molecular complexity index is 398. The molecule has 0 N–H and O–H groups in total. The third kappa shape index (κ3) is 3.35. The third-order valence-electron chi connectivity index (χ3n) is 3.25. The molecule has 0 aromatic heterocycles. The van der Waals surface area contributed by atoms with E-state index in [9.17, 15) is 0 Å². The van der Waals surface area contributed by atoms with Crippen molar-refractivity contribution in [1.82, 2.24) is 0 Å². The smallest absolute Gasteiger partial charge is 0.122 e. The van der Waals surface area contributed by atoms with E-state index in [1.807, 2.05) is 0 Å². The molecule has 1 atom stereocenters. The molecule has 1 aliphatic heterocycles. The van der Waals surface area contributed by atoms with E-state index in [2.05, 4.69) is 53.2 Å². The van der Waals surface area contributed by atoms with Crippen LogP contribution in [0.2, 0.25) is 0 Å². The molecule has 0 amide bonds. The Kier molecular flexibility index (Phi) is 4.66. The van der Waals surface area contributed by atoms with E-state index < -0.39 is 0 Å². The fraction of sp³-hybridized carbons (Fsp3) is 0.467. The maximum absolute atomic E-state index is 5.69. The minimum absolute atomic E-state index is 0.631. The highest BCUT2D eigenvalue weighted by molar-refractivity contribution is 9.09. The molecular formula is C15H19BrO. The van der Waals surface area contributed by atoms with Gasteiger partial charge in [0.25, 0.3) is 0 Å². The Morgan fingerprint density at radius 3 is 3.12 bits per heavy atom. The van der Waals surface area contributed by atoms with Crippen molar-refractivity contribution in [2.45, 2.75) is 32.1 Å². The summed E-state index contributed by atoms with van der Waals surface area (Å²) in [7, 11) is 0. The Morgan fingerprint density at radius 1 is 1.47 bits per heavy atom. The van der Waals surface area contributed by atoms with E-state index in [1.165, 1.54) is 11.1 Å². The van der Waals surface area contributed by atoms with Crippen molar-refractivity contribution in [2.75, 3.05) is 11.9 Å². The highest BCUT2D eigenvalue weighted by Gasteiger charge is 2.20. The lowest BCUT2D eigenvalue weighted by atomic mass is 9.87. The first-order chi connectivity index (χ1) is 8.31. The Labute approximate surface area is 112 Å². The first-order valence-electron chi connectivity index (χ1n) is 6.24. The van der Waals surface area contributed by atoms with Gasteiger partial charge in [0.1, 0.15) is 5.75 Å². The number of rotatable bonds is 4. The second kappa shape index (κ2) is 6.25. The standard InChI is InChI=1S/C15H19BrO/c1-12(5-4-9-16)11-13-8-10-17-15-7-3-2-6-14(13)15/h2-3,5-7,13H,4,8-11H2,1H3/b12-5-. The van der Waals surface area contributed by atoms with Gasteiger partial charge in [-0.2, -0.15) is 0 Å². The Morgan fingerprint density at radius 2 is 2.29 bits per heavy atom. The number of benzene rings is 1. The summed E-state index contributed by atoms with van der Waals surface area (Å²) in [5, 5.41) is 1.05. The lowest BCUT2D eigenvalue weighted by Gasteiger charge is -2.26. The van der Waals surface area contributed by atoms with E-state index in [0.717, 1.165) is 36.9 Å². The lowest BCUT2D eigenvalue weighted by molar-refractivity contribution is 0.266. The first kappa shape index (κ1) is 12.7. The van der Waals surface area contributed by atoms with Gasteiger partial charge in [-0.3, -0.25) is 0 Å². The summed E-state index contributed by atoms with van der Waals surface area (Å²) >= 11 is 3.46. The SMILES string of the molecule is C/C(=C/CCBr)CC1CCOc2ccccc21. The van der Waals surface area contributed by atoms with Crippen molar-refractivity contribution >= 4 is 15.9 Å². The highest BCUT2D eigenvalue weighted by atomic mass is 79.9. The minimum atomic E-state index is 0.631. The van der Waals surface area contributed by atoms with Crippen LogP contribution in [0.5, 0.6) is 5.75 Å². The fourth-order valence-corrected chi connectivity index (χ4v) is 2.63. The molecule has 1 unspecified atom stereocenters. The van der Waals surface area contributed by atoms with Crippen LogP contribution in [0.4, 0.5) is 0 Å². The molecule has 0 aliphatic carbocycles. The number of halogens is 1. The molecule has 0 saturated carbocycles. The molecular weight excluding hydrogens is 276 g/mol. The van der Waals surface area contributed by atoms with E-state index in [0.29, 0.717) is 5.92 Å². The van der Waals surface area contributed by atoms with Crippen LogP contribution in [-0.4, -0.2) is 11.9 Å². The summed E-state index contributed by atoms with van der Waals surface area (Å²) < 4.78 is 5.69. The van der Waals surface area contributed by atoms with Gasteiger partial charge in [0.15, 0.2) is 0 Å². The average molecular weight is 295 g/mol. The monoisotopic (exact) mass is 294 g/mol. The summed E-state index contributed by atoms with van der Waals surface area (Å²) in [6.45, 7) is 3.09. The van der Waals surface area contributed by atoms with Crippen molar-refractivity contribution in [2.24, 2.45) is 0 Å². The highest BCUT2D eigenvalue weighted by Crippen LogP contribution is 2.37. The fourth-order valence-electron chi connectivity index (χ4n) is 2.40. The van der Waals surface area contributed by atoms with E-state index in [1.54, 1.807) is 0 Å². The predicted octanol–water partition coefficient (Wildman–Crippen LogP) is 4.67. The quantitative estimate of drug-likeness (QED) is 0.579. The van der Waals surface area contributed by atoms with Gasteiger partial charge in [0, 0.05) is 5.33 Å². The van der Waals surface area contributed by atoms with Crippen LogP contribution in [0, 0.1) is 0 Å². The van der Waals surface area contributed by atoms with Gasteiger partial charge >= 0.3 is 0 Å². The first-order valence-corrected chi connectivity index (χ1v) is 7.36. The van der Waals surface area contributed by atoms with Crippen molar-refractivity contribution in [3.05, 3.63) is 41.5 Å². The zero-order chi connectivity index (χ0) is 12.1. The molecule has 1 aromatic rings. The zero-order valence-corrected chi connectivity index (χ0v) is 11.9. The minimum Gasteiger partial charge on any atom is -0.493 e. The molecule has 1 heterocycles. The number of ether oxygens (including phenoxy) is 1. The predicted molar refractivity (Wildman–Crippen MR) is 76.1 cm³/mol. The molecule has 17 heavy (non-hydrogen) atoms. The molecule has 1 nitrogen and oxygen atoms in total. The second-order valence-electron chi connectivity index (χ2n) is 4.60. The van der Waals surface area contributed by atoms with Gasteiger partial charge < -0.3 is 4.74 Å². The van der Waals surface area contributed by atoms with Crippen molar-refractivity contribution in [3.63, 3.8) is 0 Å². The summed E-state index contributed by atoms with van der Waals surface area (Å²) in [6, 6.07) is 8.45. The number of hydrogen-bond donors (Lipinski definition) is 0. The number of hydrogen-bond acceptors (Lipinski definition) is 1. The molecule has 0 fully saturated rings. The van der Waals surface area contributed by atoms with Gasteiger partial charge in [-0.1, -0.05) is 45.8 Å². The van der Waals surface area contributed by atoms with Gasteiger partial charge in [-0.15, -0.1) is 0 Å². The number of allylic oxidation sites excluding steroid dienone is 2. The Balaban J connectivity index is 2.08. The van der Waals surface area contributed by atoms with Crippen LogP contribution in [-0.2, 0) is 0 Å². The molecule has 0 radical (unpaired) electrons. The van der Waals surface area contributed by atoms with Crippen molar-refractivity contribution in [1.29, 1.82) is 0 Å². The summed E-state index contributed by atoms with van der Waals surface area (Å²) in [6.07, 6.45) is 5.76. The van der Waals surface area contributed by atoms with E-state index in [4.69, 9.17) is 4.74 Å². The molecule has 92 valence electrons. The van der Waals surface area contributed by atoms with Crippen LogP contribution in [0.15, 0.2) is 35.9 Å². The maximum Gasteiger partial charge on any atom is 0.122 e. The van der Waals surface area contributed by atoms with Gasteiger partial charge in [-0.05, 0) is 43.7 Å². The second-order valence-corrected chi connectivity index (χ2v) is 5.40. The van der Waals surface area contributed by atoms with E-state index >= 15 is 0 Å². The summed E-state index contributed by atoms with van der Waals surface area (Å²) in [5.74, 6) is 1.71. The third-order valence-corrected chi connectivity index (χ3v) is 3.71. The molecule has 2 heteroatoms. The number of alkyl halides is 1. The summed E-state index contributed by atoms with van der Waals surface area (Å²) in [4.78, 5) is 0. The zero-order valence-electron chi connectivity index (χ0n) is 10.3. The molecule has 0 saturated heterocycles. The van der Waals surface area contributed by atoms with Crippen LogP contribution in [0.1, 0.15) is 37.7 Å². The van der Waals surface area contributed by atoms with Gasteiger partial charge in [-0.25, -0.2) is 0 Å². The molecule has 0 spiro atoms. The van der Waals surface area contributed by atoms with E-state index in [-0.39, 0.29) is 0 Å². The van der Waals surface area contributed by atoms with Gasteiger partial charge in [0.05, 0.1) is 6.61 Å². The number of fused-ring (bicyclic) bond motifs is 1. The molecule has 0 bridgehead atoms. The van der Waals surface area contributed by atoms with Crippen molar-refractivity contribution < 1.29 is 4.74 Å². The van der Waals surface area contributed by atoms with Crippen LogP contribution >= 0.6 is 15.9 Å². The summed E-state index contributed by atoms with van der Waals surface area (Å²) in [5.41, 5.74) is 2.87. The van der Waals surface area contributed by atoms with Crippen LogP contribution < -0.4 is 4.74 Å². The number of para-hydroxylation sites is 1. The lowest BCUT2D eigenvalue weighted by Crippen LogP contribution is -2.14.